The molecule has 0 bridgehead atoms. The predicted molar refractivity (Wildman–Crippen MR) is 108 cm³/mol. The SMILES string of the molecule is OC1(C(c2ccccc2)c2ccccn2)CCN(Cc2ccccc2)CC1. The Kier molecular flexibility index (Phi) is 5.33. The molecule has 4 rings (SSSR count). The van der Waals surface area contributed by atoms with Crippen molar-refractivity contribution < 1.29 is 5.11 Å². The van der Waals surface area contributed by atoms with Gasteiger partial charge in [-0.15, -0.1) is 0 Å². The van der Waals surface area contributed by atoms with E-state index in [-0.39, 0.29) is 5.92 Å². The summed E-state index contributed by atoms with van der Waals surface area (Å²) in [6.07, 6.45) is 3.31. The second kappa shape index (κ2) is 8.03. The van der Waals surface area contributed by atoms with Crippen molar-refractivity contribution in [3.63, 3.8) is 0 Å². The second-order valence-corrected chi connectivity index (χ2v) is 7.46. The molecule has 1 aliphatic heterocycles. The first-order valence-corrected chi connectivity index (χ1v) is 9.69. The average molecular weight is 358 g/mol. The minimum absolute atomic E-state index is 0.0984. The van der Waals surface area contributed by atoms with Crippen molar-refractivity contribution in [2.24, 2.45) is 0 Å². The van der Waals surface area contributed by atoms with Crippen LogP contribution in [0.3, 0.4) is 0 Å². The molecule has 1 fully saturated rings. The standard InChI is InChI=1S/C24H26N2O/c27-24(14-17-26(18-15-24)19-20-9-3-1-4-10-20)23(21-11-5-2-6-12-21)22-13-7-8-16-25-22/h1-13,16,23,27H,14-15,17-19H2. The maximum Gasteiger partial charge on any atom is 0.0796 e. The molecule has 3 heteroatoms. The van der Waals surface area contributed by atoms with Crippen molar-refractivity contribution in [2.45, 2.75) is 30.9 Å². The Morgan fingerprint density at radius 2 is 1.48 bits per heavy atom. The molecule has 0 amide bonds. The summed E-state index contributed by atoms with van der Waals surface area (Å²) in [6, 6.07) is 26.8. The number of hydrogen-bond donors (Lipinski definition) is 1. The van der Waals surface area contributed by atoms with Crippen molar-refractivity contribution in [3.8, 4) is 0 Å². The Labute approximate surface area is 161 Å². The van der Waals surface area contributed by atoms with Crippen LogP contribution in [0.5, 0.6) is 0 Å². The molecular weight excluding hydrogens is 332 g/mol. The topological polar surface area (TPSA) is 36.4 Å². The largest absolute Gasteiger partial charge is 0.389 e. The normalized spacial score (nSPS) is 18.1. The third kappa shape index (κ3) is 4.10. The smallest absolute Gasteiger partial charge is 0.0796 e. The Morgan fingerprint density at radius 3 is 2.11 bits per heavy atom. The van der Waals surface area contributed by atoms with Crippen LogP contribution in [0.15, 0.2) is 85.1 Å². The lowest BCUT2D eigenvalue weighted by atomic mass is 9.74. The summed E-state index contributed by atoms with van der Waals surface area (Å²) in [4.78, 5) is 7.02. The van der Waals surface area contributed by atoms with Gasteiger partial charge in [0.1, 0.15) is 0 Å². The minimum Gasteiger partial charge on any atom is -0.389 e. The molecule has 138 valence electrons. The van der Waals surface area contributed by atoms with E-state index in [2.05, 4.69) is 52.3 Å². The first kappa shape index (κ1) is 17.9. The van der Waals surface area contributed by atoms with Crippen LogP contribution < -0.4 is 0 Å². The van der Waals surface area contributed by atoms with Gasteiger partial charge < -0.3 is 5.11 Å². The number of piperidine rings is 1. The number of aromatic nitrogens is 1. The summed E-state index contributed by atoms with van der Waals surface area (Å²) in [5.74, 6) is -0.0984. The molecule has 0 spiro atoms. The zero-order chi connectivity index (χ0) is 18.5. The molecular formula is C24H26N2O. The number of pyridine rings is 1. The van der Waals surface area contributed by atoms with Crippen LogP contribution in [0.25, 0.3) is 0 Å². The summed E-state index contributed by atoms with van der Waals surface area (Å²) in [5, 5.41) is 11.7. The molecule has 1 unspecified atom stereocenters. The average Bonchev–Trinajstić information content (AvgIpc) is 2.72. The molecule has 1 atom stereocenters. The number of likely N-dealkylation sites (tertiary alicyclic amines) is 1. The lowest BCUT2D eigenvalue weighted by molar-refractivity contribution is -0.0363. The first-order chi connectivity index (χ1) is 13.2. The fourth-order valence-electron chi connectivity index (χ4n) is 4.18. The van der Waals surface area contributed by atoms with E-state index in [0.29, 0.717) is 0 Å². The monoisotopic (exact) mass is 358 g/mol. The van der Waals surface area contributed by atoms with Crippen molar-refractivity contribution in [1.82, 2.24) is 9.88 Å². The van der Waals surface area contributed by atoms with E-state index in [4.69, 9.17) is 0 Å². The van der Waals surface area contributed by atoms with Crippen LogP contribution in [0.1, 0.15) is 35.6 Å². The van der Waals surface area contributed by atoms with Crippen molar-refractivity contribution in [2.75, 3.05) is 13.1 Å². The van der Waals surface area contributed by atoms with Crippen LogP contribution >= 0.6 is 0 Å². The van der Waals surface area contributed by atoms with Crippen LogP contribution in [0.2, 0.25) is 0 Å². The number of benzene rings is 2. The lowest BCUT2D eigenvalue weighted by Crippen LogP contribution is -2.48. The quantitative estimate of drug-likeness (QED) is 0.741. The summed E-state index contributed by atoms with van der Waals surface area (Å²) >= 11 is 0. The highest BCUT2D eigenvalue weighted by molar-refractivity contribution is 5.32. The molecule has 1 N–H and O–H groups in total. The Bertz CT molecular complexity index is 789. The summed E-state index contributed by atoms with van der Waals surface area (Å²) in [7, 11) is 0. The number of aliphatic hydroxyl groups is 1. The lowest BCUT2D eigenvalue weighted by Gasteiger charge is -2.43. The van der Waals surface area contributed by atoms with Crippen LogP contribution in [-0.4, -0.2) is 33.7 Å². The molecule has 1 saturated heterocycles. The van der Waals surface area contributed by atoms with Crippen molar-refractivity contribution in [3.05, 3.63) is 102 Å². The van der Waals surface area contributed by atoms with E-state index < -0.39 is 5.60 Å². The summed E-state index contributed by atoms with van der Waals surface area (Å²) in [5.41, 5.74) is 2.63. The van der Waals surface area contributed by atoms with Crippen LogP contribution in [0, 0.1) is 0 Å². The van der Waals surface area contributed by atoms with E-state index in [0.717, 1.165) is 43.7 Å². The van der Waals surface area contributed by atoms with E-state index >= 15 is 0 Å². The van der Waals surface area contributed by atoms with Gasteiger partial charge in [-0.25, -0.2) is 0 Å². The molecule has 27 heavy (non-hydrogen) atoms. The predicted octanol–water partition coefficient (Wildman–Crippen LogP) is 4.24. The van der Waals surface area contributed by atoms with Crippen molar-refractivity contribution >= 4 is 0 Å². The maximum absolute atomic E-state index is 11.7. The zero-order valence-electron chi connectivity index (χ0n) is 15.5. The van der Waals surface area contributed by atoms with Gasteiger partial charge in [-0.2, -0.15) is 0 Å². The Hall–Kier alpha value is -2.49. The summed E-state index contributed by atoms with van der Waals surface area (Å²) in [6.45, 7) is 2.72. The second-order valence-electron chi connectivity index (χ2n) is 7.46. The van der Waals surface area contributed by atoms with Gasteiger partial charge in [0.15, 0.2) is 0 Å². The first-order valence-electron chi connectivity index (χ1n) is 9.69. The van der Waals surface area contributed by atoms with Crippen LogP contribution in [0.4, 0.5) is 0 Å². The van der Waals surface area contributed by atoms with Gasteiger partial charge in [-0.3, -0.25) is 9.88 Å². The van der Waals surface area contributed by atoms with Crippen molar-refractivity contribution in [1.29, 1.82) is 0 Å². The highest BCUT2D eigenvalue weighted by Gasteiger charge is 2.42. The highest BCUT2D eigenvalue weighted by Crippen LogP contribution is 2.40. The van der Waals surface area contributed by atoms with Crippen LogP contribution in [-0.2, 0) is 6.54 Å². The molecule has 0 aliphatic carbocycles. The van der Waals surface area contributed by atoms with E-state index in [1.807, 2.05) is 42.6 Å². The number of nitrogens with zero attached hydrogens (tertiary/aromatic N) is 2. The van der Waals surface area contributed by atoms with Gasteiger partial charge >= 0.3 is 0 Å². The maximum atomic E-state index is 11.7. The fourth-order valence-corrected chi connectivity index (χ4v) is 4.18. The van der Waals surface area contributed by atoms with E-state index in [1.165, 1.54) is 5.56 Å². The number of hydrogen-bond acceptors (Lipinski definition) is 3. The third-order valence-electron chi connectivity index (χ3n) is 5.62. The Balaban J connectivity index is 1.54. The Morgan fingerprint density at radius 1 is 0.852 bits per heavy atom. The minimum atomic E-state index is -0.775. The molecule has 1 aromatic heterocycles. The van der Waals surface area contributed by atoms with Gasteiger partial charge in [-0.05, 0) is 36.1 Å². The molecule has 3 aromatic rings. The molecule has 3 nitrogen and oxygen atoms in total. The zero-order valence-corrected chi connectivity index (χ0v) is 15.5. The van der Waals surface area contributed by atoms with Gasteiger partial charge in [0.05, 0.1) is 17.2 Å². The van der Waals surface area contributed by atoms with Gasteiger partial charge in [0.25, 0.3) is 0 Å². The molecule has 2 heterocycles. The highest BCUT2D eigenvalue weighted by atomic mass is 16.3. The van der Waals surface area contributed by atoms with Gasteiger partial charge in [0.2, 0.25) is 0 Å². The number of rotatable bonds is 5. The molecule has 0 radical (unpaired) electrons. The van der Waals surface area contributed by atoms with E-state index in [9.17, 15) is 5.11 Å². The molecule has 0 saturated carbocycles. The summed E-state index contributed by atoms with van der Waals surface area (Å²) < 4.78 is 0. The fraction of sp³-hybridized carbons (Fsp3) is 0.292. The van der Waals surface area contributed by atoms with Gasteiger partial charge in [0, 0.05) is 25.8 Å². The van der Waals surface area contributed by atoms with E-state index in [1.54, 1.807) is 0 Å². The van der Waals surface area contributed by atoms with Gasteiger partial charge in [-0.1, -0.05) is 66.7 Å². The molecule has 1 aliphatic rings. The third-order valence-corrected chi connectivity index (χ3v) is 5.62. The molecule has 2 aromatic carbocycles.